The van der Waals surface area contributed by atoms with E-state index in [4.69, 9.17) is 11.6 Å². The molecule has 0 saturated carbocycles. The molecule has 1 amide bonds. The maximum atomic E-state index is 13.1. The van der Waals surface area contributed by atoms with Crippen LogP contribution in [0.15, 0.2) is 36.4 Å². The van der Waals surface area contributed by atoms with Crippen molar-refractivity contribution in [2.45, 2.75) is 13.0 Å². The van der Waals surface area contributed by atoms with Crippen LogP contribution in [0.5, 0.6) is 11.5 Å². The molecule has 8 heteroatoms. The minimum absolute atomic E-state index is 0.0561. The summed E-state index contributed by atoms with van der Waals surface area (Å²) in [6, 6.07) is 10.2. The van der Waals surface area contributed by atoms with Crippen LogP contribution in [0.1, 0.15) is 21.6 Å². The van der Waals surface area contributed by atoms with E-state index in [0.29, 0.717) is 36.3 Å². The third-order valence-electron chi connectivity index (χ3n) is 5.15. The lowest BCUT2D eigenvalue weighted by Crippen LogP contribution is -2.36. The lowest BCUT2D eigenvalue weighted by molar-refractivity contribution is 0.0734. The number of anilines is 1. The Kier molecular flexibility index (Phi) is 4.84. The van der Waals surface area contributed by atoms with E-state index in [1.807, 2.05) is 43.3 Å². The molecule has 0 atom stereocenters. The molecule has 2 aromatic carbocycles. The van der Waals surface area contributed by atoms with E-state index in [1.165, 1.54) is 12.1 Å². The molecule has 3 aromatic rings. The molecule has 1 aliphatic heterocycles. The van der Waals surface area contributed by atoms with Crippen molar-refractivity contribution < 1.29 is 15.0 Å². The lowest BCUT2D eigenvalue weighted by Gasteiger charge is -2.27. The van der Waals surface area contributed by atoms with Gasteiger partial charge in [0.15, 0.2) is 0 Å². The highest BCUT2D eigenvalue weighted by Crippen LogP contribution is 2.39. The summed E-state index contributed by atoms with van der Waals surface area (Å²) in [7, 11) is 3.87. The number of carbonyl (C=O) groups is 1. The first-order chi connectivity index (χ1) is 13.8. The molecule has 3 N–H and O–H groups in total. The Labute approximate surface area is 173 Å². The normalized spacial score (nSPS) is 13.3. The maximum absolute atomic E-state index is 13.1. The monoisotopic (exact) mass is 412 g/mol. The Morgan fingerprint density at radius 3 is 2.76 bits per heavy atom. The van der Waals surface area contributed by atoms with Crippen molar-refractivity contribution in [1.82, 2.24) is 15.1 Å². The zero-order chi connectivity index (χ0) is 20.7. The fraction of sp³-hybridized carbons (Fsp3) is 0.238. The largest absolute Gasteiger partial charge is 0.507 e. The van der Waals surface area contributed by atoms with Crippen LogP contribution in [0, 0.1) is 0 Å². The van der Waals surface area contributed by atoms with Gasteiger partial charge in [0, 0.05) is 67.7 Å². The van der Waals surface area contributed by atoms with E-state index in [-0.39, 0.29) is 22.4 Å². The molecule has 0 unspecified atom stereocenters. The van der Waals surface area contributed by atoms with Gasteiger partial charge in [-0.3, -0.25) is 9.89 Å². The van der Waals surface area contributed by atoms with Crippen LogP contribution in [-0.2, 0) is 13.0 Å². The molecule has 0 radical (unpaired) electrons. The van der Waals surface area contributed by atoms with Crippen LogP contribution < -0.4 is 4.90 Å². The van der Waals surface area contributed by atoms with Crippen molar-refractivity contribution in [3.8, 4) is 22.8 Å². The second-order valence-electron chi connectivity index (χ2n) is 7.27. The summed E-state index contributed by atoms with van der Waals surface area (Å²) in [6.45, 7) is 0.937. The average molecular weight is 413 g/mol. The Hall–Kier alpha value is -3.19. The van der Waals surface area contributed by atoms with Gasteiger partial charge in [0.25, 0.3) is 5.91 Å². The van der Waals surface area contributed by atoms with Crippen LogP contribution in [0.2, 0.25) is 5.02 Å². The SMILES string of the molecule is CN(C)c1cccc(C(=O)N2CCc3[nH]nc(-c4cc(Cl)c(O)cc4O)c3C2)c1. The van der Waals surface area contributed by atoms with Gasteiger partial charge in [-0.1, -0.05) is 17.7 Å². The standard InChI is InChI=1S/C21H21ClN4O3/c1-25(2)13-5-3-4-12(8-13)21(29)26-7-6-17-15(11-26)20(24-23-17)14-9-16(22)19(28)10-18(14)27/h3-5,8-10,27-28H,6-7,11H2,1-2H3,(H,23,24). The van der Waals surface area contributed by atoms with Crippen LogP contribution in [0.3, 0.4) is 0 Å². The number of phenolic OH excluding ortho intramolecular Hbond substituents is 2. The van der Waals surface area contributed by atoms with Gasteiger partial charge < -0.3 is 20.0 Å². The van der Waals surface area contributed by atoms with Gasteiger partial charge in [-0.25, -0.2) is 0 Å². The van der Waals surface area contributed by atoms with Crippen molar-refractivity contribution in [3.63, 3.8) is 0 Å². The fourth-order valence-electron chi connectivity index (χ4n) is 3.53. The number of hydrogen-bond donors (Lipinski definition) is 3. The average Bonchev–Trinajstić information content (AvgIpc) is 3.13. The molecule has 0 saturated heterocycles. The van der Waals surface area contributed by atoms with Crippen LogP contribution in [0.4, 0.5) is 5.69 Å². The molecule has 150 valence electrons. The second-order valence-corrected chi connectivity index (χ2v) is 7.68. The van der Waals surface area contributed by atoms with Gasteiger partial charge in [0.2, 0.25) is 0 Å². The Morgan fingerprint density at radius 1 is 1.21 bits per heavy atom. The number of amides is 1. The van der Waals surface area contributed by atoms with Crippen molar-refractivity contribution >= 4 is 23.2 Å². The third kappa shape index (κ3) is 3.49. The maximum Gasteiger partial charge on any atom is 0.254 e. The van der Waals surface area contributed by atoms with Gasteiger partial charge in [-0.2, -0.15) is 5.10 Å². The van der Waals surface area contributed by atoms with Gasteiger partial charge >= 0.3 is 0 Å². The molecule has 7 nitrogen and oxygen atoms in total. The zero-order valence-corrected chi connectivity index (χ0v) is 16.9. The van der Waals surface area contributed by atoms with Crippen molar-refractivity contribution in [1.29, 1.82) is 0 Å². The number of aromatic hydroxyl groups is 2. The molecule has 4 rings (SSSR count). The predicted molar refractivity (Wildman–Crippen MR) is 112 cm³/mol. The quantitative estimate of drug-likeness (QED) is 0.613. The first kappa shape index (κ1) is 19.1. The number of aromatic amines is 1. The number of fused-ring (bicyclic) bond motifs is 1. The van der Waals surface area contributed by atoms with Crippen molar-refractivity contribution in [2.24, 2.45) is 0 Å². The zero-order valence-electron chi connectivity index (χ0n) is 16.1. The topological polar surface area (TPSA) is 92.7 Å². The van der Waals surface area contributed by atoms with E-state index in [0.717, 1.165) is 16.9 Å². The van der Waals surface area contributed by atoms with Gasteiger partial charge in [-0.05, 0) is 24.3 Å². The first-order valence-electron chi connectivity index (χ1n) is 9.19. The number of halogens is 1. The summed E-state index contributed by atoms with van der Waals surface area (Å²) in [5.74, 6) is -0.377. The van der Waals surface area contributed by atoms with Crippen LogP contribution >= 0.6 is 11.6 Å². The number of H-pyrrole nitrogens is 1. The van der Waals surface area contributed by atoms with Gasteiger partial charge in [-0.15, -0.1) is 0 Å². The third-order valence-corrected chi connectivity index (χ3v) is 5.45. The Balaban J connectivity index is 1.66. The highest BCUT2D eigenvalue weighted by Gasteiger charge is 2.27. The lowest BCUT2D eigenvalue weighted by atomic mass is 9.99. The number of hydrogen-bond acceptors (Lipinski definition) is 5. The summed E-state index contributed by atoms with van der Waals surface area (Å²) in [5, 5.41) is 27.4. The molecule has 0 aliphatic carbocycles. The molecule has 0 bridgehead atoms. The number of carbonyl (C=O) groups excluding carboxylic acids is 1. The summed E-state index contributed by atoms with van der Waals surface area (Å²) in [6.07, 6.45) is 0.633. The number of benzene rings is 2. The fourth-order valence-corrected chi connectivity index (χ4v) is 3.70. The Bertz CT molecular complexity index is 1090. The Morgan fingerprint density at radius 2 is 2.00 bits per heavy atom. The molecular formula is C21H21ClN4O3. The predicted octanol–water partition coefficient (Wildman–Crippen LogP) is 3.41. The highest BCUT2D eigenvalue weighted by molar-refractivity contribution is 6.32. The summed E-state index contributed by atoms with van der Waals surface area (Å²) >= 11 is 6.02. The molecule has 1 aliphatic rings. The minimum Gasteiger partial charge on any atom is -0.507 e. The van der Waals surface area contributed by atoms with Crippen molar-refractivity contribution in [2.75, 3.05) is 25.5 Å². The smallest absolute Gasteiger partial charge is 0.254 e. The van der Waals surface area contributed by atoms with Crippen LogP contribution in [-0.4, -0.2) is 51.9 Å². The molecule has 2 heterocycles. The summed E-state index contributed by atoms with van der Waals surface area (Å²) in [5.41, 5.74) is 4.29. The molecule has 0 spiro atoms. The highest BCUT2D eigenvalue weighted by atomic mass is 35.5. The number of nitrogens with one attached hydrogen (secondary N) is 1. The molecule has 0 fully saturated rings. The summed E-state index contributed by atoms with van der Waals surface area (Å²) < 4.78 is 0. The van der Waals surface area contributed by atoms with E-state index in [2.05, 4.69) is 10.2 Å². The van der Waals surface area contributed by atoms with Crippen LogP contribution in [0.25, 0.3) is 11.3 Å². The van der Waals surface area contributed by atoms with Gasteiger partial charge in [0.05, 0.1) is 5.02 Å². The summed E-state index contributed by atoms with van der Waals surface area (Å²) in [4.78, 5) is 16.8. The van der Waals surface area contributed by atoms with E-state index in [1.54, 1.807) is 4.90 Å². The van der Waals surface area contributed by atoms with E-state index >= 15 is 0 Å². The molecule has 29 heavy (non-hydrogen) atoms. The van der Waals surface area contributed by atoms with Crippen molar-refractivity contribution in [3.05, 3.63) is 58.2 Å². The number of nitrogens with zero attached hydrogens (tertiary/aromatic N) is 3. The molecule has 1 aromatic heterocycles. The minimum atomic E-state index is -0.199. The number of aromatic nitrogens is 2. The molecular weight excluding hydrogens is 392 g/mol. The van der Waals surface area contributed by atoms with E-state index < -0.39 is 0 Å². The van der Waals surface area contributed by atoms with E-state index in [9.17, 15) is 15.0 Å². The van der Waals surface area contributed by atoms with Gasteiger partial charge in [0.1, 0.15) is 17.2 Å². The first-order valence-corrected chi connectivity index (χ1v) is 9.57. The number of phenols is 2. The second kappa shape index (κ2) is 7.33. The number of rotatable bonds is 3.